The lowest BCUT2D eigenvalue weighted by atomic mass is 10.1. The lowest BCUT2D eigenvalue weighted by Crippen LogP contribution is -2.19. The average Bonchev–Trinajstić information content (AvgIpc) is 2.96. The van der Waals surface area contributed by atoms with Crippen molar-refractivity contribution in [3.8, 4) is 0 Å². The molecule has 0 spiro atoms. The molecule has 1 aromatic carbocycles. The predicted octanol–water partition coefficient (Wildman–Crippen LogP) is 2.41. The fourth-order valence-corrected chi connectivity index (χ4v) is 2.90. The average molecular weight is 270 g/mol. The molecule has 1 unspecified atom stereocenters. The Morgan fingerprint density at radius 1 is 1.21 bits per heavy atom. The summed E-state index contributed by atoms with van der Waals surface area (Å²) < 4.78 is 0. The highest BCUT2D eigenvalue weighted by Crippen LogP contribution is 2.25. The van der Waals surface area contributed by atoms with Crippen LogP contribution in [0.2, 0.25) is 0 Å². The molecule has 96 valence electrons. The number of nitrogens with zero attached hydrogens (tertiary/aromatic N) is 3. The van der Waals surface area contributed by atoms with Crippen molar-refractivity contribution >= 4 is 16.9 Å². The molecule has 0 aliphatic carbocycles. The fourth-order valence-electron chi connectivity index (χ4n) is 1.92. The van der Waals surface area contributed by atoms with Crippen molar-refractivity contribution in [3.05, 3.63) is 59.9 Å². The Morgan fingerprint density at radius 3 is 2.89 bits per heavy atom. The first-order valence-electron chi connectivity index (χ1n) is 6.17. The van der Waals surface area contributed by atoms with Gasteiger partial charge >= 0.3 is 0 Å². The van der Waals surface area contributed by atoms with Gasteiger partial charge in [-0.2, -0.15) is 10.2 Å². The van der Waals surface area contributed by atoms with Gasteiger partial charge in [-0.25, -0.2) is 0 Å². The Kier molecular flexibility index (Phi) is 3.74. The van der Waals surface area contributed by atoms with E-state index in [1.165, 1.54) is 5.56 Å². The summed E-state index contributed by atoms with van der Waals surface area (Å²) >= 11 is 1.76. The van der Waals surface area contributed by atoms with E-state index < -0.39 is 0 Å². The van der Waals surface area contributed by atoms with Crippen molar-refractivity contribution in [3.63, 3.8) is 0 Å². The van der Waals surface area contributed by atoms with Crippen molar-refractivity contribution < 1.29 is 0 Å². The Bertz CT molecular complexity index is 556. The number of thioether (sulfide) groups is 1. The number of rotatable bonds is 3. The summed E-state index contributed by atoms with van der Waals surface area (Å²) in [6, 6.07) is 14.6. The van der Waals surface area contributed by atoms with Crippen LogP contribution >= 0.6 is 11.8 Å². The van der Waals surface area contributed by atoms with Gasteiger partial charge in [0.1, 0.15) is 0 Å². The highest BCUT2D eigenvalue weighted by molar-refractivity contribution is 8.14. The third-order valence-electron chi connectivity index (χ3n) is 2.90. The molecule has 0 radical (unpaired) electrons. The van der Waals surface area contributed by atoms with Gasteiger partial charge < -0.3 is 5.32 Å². The standard InChI is InChI=1S/C14H14N4S/c1-2-5-11(6-3-1)13-10-19-14(17-13)15-9-12-7-4-8-16-18-12/h1-8,13H,9-10H2,(H,15,17). The Balaban J connectivity index is 1.63. The van der Waals surface area contributed by atoms with Crippen LogP contribution in [-0.4, -0.2) is 21.1 Å². The molecule has 4 nitrogen and oxygen atoms in total. The SMILES string of the molecule is c1ccc(C2CSC(=NCc3cccnn3)N2)cc1. The highest BCUT2D eigenvalue weighted by atomic mass is 32.2. The van der Waals surface area contributed by atoms with Crippen LogP contribution in [0.5, 0.6) is 0 Å². The van der Waals surface area contributed by atoms with Crippen LogP contribution in [0, 0.1) is 0 Å². The maximum absolute atomic E-state index is 4.54. The second-order valence-corrected chi connectivity index (χ2v) is 5.26. The molecule has 1 atom stereocenters. The largest absolute Gasteiger partial charge is 0.357 e. The molecule has 5 heteroatoms. The van der Waals surface area contributed by atoms with Gasteiger partial charge in [-0.05, 0) is 17.7 Å². The van der Waals surface area contributed by atoms with E-state index in [9.17, 15) is 0 Å². The van der Waals surface area contributed by atoms with E-state index in [4.69, 9.17) is 0 Å². The van der Waals surface area contributed by atoms with Gasteiger partial charge in [-0.3, -0.25) is 4.99 Å². The highest BCUT2D eigenvalue weighted by Gasteiger charge is 2.21. The quantitative estimate of drug-likeness (QED) is 0.930. The van der Waals surface area contributed by atoms with Crippen LogP contribution in [0.3, 0.4) is 0 Å². The molecule has 1 fully saturated rings. The minimum Gasteiger partial charge on any atom is -0.357 e. The summed E-state index contributed by atoms with van der Waals surface area (Å²) in [6.45, 7) is 0.574. The molecular formula is C14H14N4S. The third-order valence-corrected chi connectivity index (χ3v) is 3.92. The summed E-state index contributed by atoms with van der Waals surface area (Å²) in [5, 5.41) is 12.3. The number of amidine groups is 1. The number of aromatic nitrogens is 2. The molecule has 1 aliphatic rings. The van der Waals surface area contributed by atoms with Gasteiger partial charge in [0.05, 0.1) is 18.3 Å². The molecule has 3 rings (SSSR count). The van der Waals surface area contributed by atoms with Crippen LogP contribution in [-0.2, 0) is 6.54 Å². The first-order valence-corrected chi connectivity index (χ1v) is 7.16. The number of nitrogens with one attached hydrogen (secondary N) is 1. The van der Waals surface area contributed by atoms with E-state index in [1.807, 2.05) is 18.2 Å². The maximum Gasteiger partial charge on any atom is 0.157 e. The monoisotopic (exact) mass is 270 g/mol. The van der Waals surface area contributed by atoms with Crippen LogP contribution in [0.4, 0.5) is 0 Å². The molecule has 2 heterocycles. The molecule has 1 aliphatic heterocycles. The molecule has 1 N–H and O–H groups in total. The predicted molar refractivity (Wildman–Crippen MR) is 77.9 cm³/mol. The summed E-state index contributed by atoms with van der Waals surface area (Å²) in [4.78, 5) is 4.54. The normalized spacial score (nSPS) is 20.4. The van der Waals surface area contributed by atoms with Crippen molar-refractivity contribution in [2.75, 3.05) is 5.75 Å². The van der Waals surface area contributed by atoms with Gasteiger partial charge in [0, 0.05) is 11.9 Å². The van der Waals surface area contributed by atoms with Crippen LogP contribution < -0.4 is 5.32 Å². The Morgan fingerprint density at radius 2 is 2.11 bits per heavy atom. The van der Waals surface area contributed by atoms with Gasteiger partial charge in [0.2, 0.25) is 0 Å². The second-order valence-electron chi connectivity index (χ2n) is 4.25. The zero-order valence-electron chi connectivity index (χ0n) is 10.4. The first kappa shape index (κ1) is 12.2. The van der Waals surface area contributed by atoms with Crippen molar-refractivity contribution in [1.29, 1.82) is 0 Å². The summed E-state index contributed by atoms with van der Waals surface area (Å²) in [7, 11) is 0. The molecule has 1 saturated heterocycles. The van der Waals surface area contributed by atoms with Crippen LogP contribution in [0.25, 0.3) is 0 Å². The van der Waals surface area contributed by atoms with E-state index in [0.717, 1.165) is 16.6 Å². The van der Waals surface area contributed by atoms with Crippen molar-refractivity contribution in [2.24, 2.45) is 4.99 Å². The zero-order valence-corrected chi connectivity index (χ0v) is 11.2. The summed E-state index contributed by atoms with van der Waals surface area (Å²) in [6.07, 6.45) is 1.67. The van der Waals surface area contributed by atoms with Gasteiger partial charge in [0.25, 0.3) is 0 Å². The number of hydrogen-bond acceptors (Lipinski definition) is 4. The van der Waals surface area contributed by atoms with Crippen LogP contribution in [0.15, 0.2) is 53.7 Å². The number of benzene rings is 1. The van der Waals surface area contributed by atoms with Gasteiger partial charge in [-0.1, -0.05) is 42.1 Å². The van der Waals surface area contributed by atoms with Crippen molar-refractivity contribution in [1.82, 2.24) is 15.5 Å². The lowest BCUT2D eigenvalue weighted by molar-refractivity contribution is 0.747. The summed E-state index contributed by atoms with van der Waals surface area (Å²) in [5.41, 5.74) is 2.19. The number of aliphatic imine (C=N–C) groups is 1. The Labute approximate surface area is 116 Å². The maximum atomic E-state index is 4.54. The lowest BCUT2D eigenvalue weighted by Gasteiger charge is -2.09. The zero-order chi connectivity index (χ0) is 12.9. The van der Waals surface area contributed by atoms with Gasteiger partial charge in [-0.15, -0.1) is 0 Å². The van der Waals surface area contributed by atoms with E-state index in [0.29, 0.717) is 12.6 Å². The molecule has 2 aromatic rings. The fraction of sp³-hybridized carbons (Fsp3) is 0.214. The molecular weight excluding hydrogens is 256 g/mol. The molecule has 0 amide bonds. The van der Waals surface area contributed by atoms with Gasteiger partial charge in [0.15, 0.2) is 5.17 Å². The topological polar surface area (TPSA) is 50.2 Å². The minimum atomic E-state index is 0.354. The van der Waals surface area contributed by atoms with E-state index >= 15 is 0 Å². The number of hydrogen-bond donors (Lipinski definition) is 1. The van der Waals surface area contributed by atoms with Crippen molar-refractivity contribution in [2.45, 2.75) is 12.6 Å². The Hall–Kier alpha value is -1.88. The second kappa shape index (κ2) is 5.84. The summed E-state index contributed by atoms with van der Waals surface area (Å²) in [5.74, 6) is 1.02. The minimum absolute atomic E-state index is 0.354. The third kappa shape index (κ3) is 3.12. The molecule has 0 saturated carbocycles. The first-order chi connectivity index (χ1) is 9.42. The molecule has 1 aromatic heterocycles. The van der Waals surface area contributed by atoms with E-state index in [-0.39, 0.29) is 0 Å². The molecule has 0 bridgehead atoms. The smallest absolute Gasteiger partial charge is 0.157 e. The van der Waals surface area contributed by atoms with Crippen LogP contribution in [0.1, 0.15) is 17.3 Å². The molecule has 19 heavy (non-hydrogen) atoms. The van der Waals surface area contributed by atoms with E-state index in [1.54, 1.807) is 18.0 Å². The van der Waals surface area contributed by atoms with E-state index in [2.05, 4.69) is 44.8 Å².